The van der Waals surface area contributed by atoms with Crippen molar-refractivity contribution in [3.05, 3.63) is 81.5 Å². The Morgan fingerprint density at radius 2 is 1.84 bits per heavy atom. The number of nitrogens with zero attached hydrogens (tertiary/aromatic N) is 5. The molecule has 1 aliphatic rings. The van der Waals surface area contributed by atoms with Crippen LogP contribution in [0.1, 0.15) is 67.2 Å². The van der Waals surface area contributed by atoms with Gasteiger partial charge in [-0.3, -0.25) is 9.59 Å². The van der Waals surface area contributed by atoms with Crippen LogP contribution >= 0.6 is 11.3 Å². The summed E-state index contributed by atoms with van der Waals surface area (Å²) in [6.45, 7) is 16.5. The van der Waals surface area contributed by atoms with Crippen molar-refractivity contribution in [1.82, 2.24) is 0 Å². The predicted octanol–water partition coefficient (Wildman–Crippen LogP) is 8.73. The molecule has 0 radical (unpaired) electrons. The first kappa shape index (κ1) is 33.5. The van der Waals surface area contributed by atoms with Crippen molar-refractivity contribution in [3.8, 4) is 6.07 Å². The van der Waals surface area contributed by atoms with E-state index < -0.39 is 0 Å². The lowest BCUT2D eigenvalue weighted by Crippen LogP contribution is -2.33. The SMILES string of the molecule is [C-]#[N+]c1c(N=Nc2ccc(N(CC)CC(OCCOC(=O)C3CCCCC3C(C)=O)c3ccccc3)cc2C)sc(C#N)c1C. The molecule has 1 aromatic heterocycles. The minimum Gasteiger partial charge on any atom is -0.463 e. The van der Waals surface area contributed by atoms with Crippen LogP contribution in [-0.4, -0.2) is 38.1 Å². The van der Waals surface area contributed by atoms with E-state index in [1.807, 2.05) is 55.5 Å². The van der Waals surface area contributed by atoms with Gasteiger partial charge in [-0.15, -0.1) is 11.3 Å². The second-order valence-corrected chi connectivity index (χ2v) is 12.2. The third-order valence-corrected chi connectivity index (χ3v) is 9.35. The van der Waals surface area contributed by atoms with Crippen molar-refractivity contribution >= 4 is 45.2 Å². The van der Waals surface area contributed by atoms with Gasteiger partial charge in [-0.1, -0.05) is 43.2 Å². The van der Waals surface area contributed by atoms with Crippen molar-refractivity contribution < 1.29 is 19.1 Å². The number of hydrogen-bond donors (Lipinski definition) is 0. The van der Waals surface area contributed by atoms with Crippen molar-refractivity contribution in [3.63, 3.8) is 0 Å². The summed E-state index contributed by atoms with van der Waals surface area (Å²) >= 11 is 1.17. The highest BCUT2D eigenvalue weighted by atomic mass is 32.1. The number of benzene rings is 2. The lowest BCUT2D eigenvalue weighted by Gasteiger charge is -2.30. The minimum atomic E-state index is -0.360. The molecular weight excluding hydrogens is 586 g/mol. The van der Waals surface area contributed by atoms with E-state index in [-0.39, 0.29) is 42.9 Å². The van der Waals surface area contributed by atoms with E-state index >= 15 is 0 Å². The second kappa shape index (κ2) is 16.1. The number of esters is 1. The maximum atomic E-state index is 12.8. The van der Waals surface area contributed by atoms with Crippen LogP contribution in [0.15, 0.2) is 58.8 Å². The van der Waals surface area contributed by atoms with E-state index in [4.69, 9.17) is 16.0 Å². The molecule has 0 amide bonds. The van der Waals surface area contributed by atoms with Crippen LogP contribution in [0.4, 0.5) is 22.1 Å². The topological polar surface area (TPSA) is 109 Å². The number of Topliss-reactive ketones (excluding diaryl/α,β-unsaturated/α-hetero) is 1. The van der Waals surface area contributed by atoms with E-state index in [1.165, 1.54) is 11.3 Å². The number of carbonyl (C=O) groups is 2. The molecule has 1 saturated carbocycles. The summed E-state index contributed by atoms with van der Waals surface area (Å²) in [6, 6.07) is 18.0. The van der Waals surface area contributed by atoms with Gasteiger partial charge in [-0.2, -0.15) is 15.5 Å². The summed E-state index contributed by atoms with van der Waals surface area (Å²) in [6.07, 6.45) is 3.08. The van der Waals surface area contributed by atoms with Crippen LogP contribution in [0, 0.1) is 43.6 Å². The molecule has 3 atom stereocenters. The molecule has 9 nitrogen and oxygen atoms in total. The third-order valence-electron chi connectivity index (χ3n) is 8.28. The van der Waals surface area contributed by atoms with Crippen molar-refractivity contribution in [2.75, 3.05) is 31.2 Å². The average Bonchev–Trinajstić information content (AvgIpc) is 3.37. The molecule has 2 aromatic carbocycles. The van der Waals surface area contributed by atoms with Crippen LogP contribution in [0.3, 0.4) is 0 Å². The fourth-order valence-electron chi connectivity index (χ4n) is 5.72. The van der Waals surface area contributed by atoms with Gasteiger partial charge >= 0.3 is 5.97 Å². The Bertz CT molecular complexity index is 1600. The molecule has 4 rings (SSSR count). The summed E-state index contributed by atoms with van der Waals surface area (Å²) in [5.74, 6) is -0.848. The number of ketones is 1. The molecule has 0 aliphatic heterocycles. The van der Waals surface area contributed by atoms with Gasteiger partial charge in [0.1, 0.15) is 29.6 Å². The van der Waals surface area contributed by atoms with Gasteiger partial charge in [0.25, 0.3) is 0 Å². The summed E-state index contributed by atoms with van der Waals surface area (Å²) in [5.41, 5.74) is 4.62. The molecule has 1 fully saturated rings. The number of rotatable bonds is 13. The predicted molar refractivity (Wildman–Crippen MR) is 175 cm³/mol. The molecule has 234 valence electrons. The van der Waals surface area contributed by atoms with E-state index in [0.29, 0.717) is 39.8 Å². The minimum absolute atomic E-state index is 0.0593. The second-order valence-electron chi connectivity index (χ2n) is 11.2. The zero-order chi connectivity index (χ0) is 32.3. The number of likely N-dealkylation sites (N-methyl/N-ethyl adjacent to an activating group) is 1. The summed E-state index contributed by atoms with van der Waals surface area (Å²) < 4.78 is 11.9. The lowest BCUT2D eigenvalue weighted by atomic mass is 9.77. The Morgan fingerprint density at radius 1 is 1.11 bits per heavy atom. The first-order chi connectivity index (χ1) is 21.8. The molecule has 3 aromatic rings. The van der Waals surface area contributed by atoms with Crippen LogP contribution in [0.5, 0.6) is 0 Å². The number of azo groups is 1. The Kier molecular flexibility index (Phi) is 12.0. The van der Waals surface area contributed by atoms with Crippen LogP contribution in [0.2, 0.25) is 0 Å². The Hall–Kier alpha value is -4.38. The first-order valence-corrected chi connectivity index (χ1v) is 16.1. The Labute approximate surface area is 269 Å². The standard InChI is InChI=1S/C35H39N5O4S/c1-6-40(27-16-17-30(23(2)20-27)38-39-34-33(37-5)24(3)32(21-36)45-34)22-31(26-12-8-7-9-13-26)43-18-19-44-35(42)29-15-11-10-14-28(29)25(4)41/h7-9,12-13,16-17,20,28-29,31H,6,10-11,14-15,18-19,22H2,1-4H3. The van der Waals surface area contributed by atoms with Crippen molar-refractivity contribution in [2.24, 2.45) is 22.1 Å². The van der Waals surface area contributed by atoms with Gasteiger partial charge in [-0.05, 0) is 75.4 Å². The molecule has 3 unspecified atom stereocenters. The number of ether oxygens (including phenoxy) is 2. The van der Waals surface area contributed by atoms with Crippen molar-refractivity contribution in [2.45, 2.75) is 59.5 Å². The number of carbonyl (C=O) groups excluding carboxylic acids is 2. The zero-order valence-corrected chi connectivity index (χ0v) is 27.1. The first-order valence-electron chi connectivity index (χ1n) is 15.3. The van der Waals surface area contributed by atoms with E-state index in [9.17, 15) is 14.9 Å². The average molecular weight is 626 g/mol. The fraction of sp³-hybridized carbons (Fsp3) is 0.429. The lowest BCUT2D eigenvalue weighted by molar-refractivity contribution is -0.156. The maximum Gasteiger partial charge on any atom is 0.309 e. The summed E-state index contributed by atoms with van der Waals surface area (Å²) in [5, 5.41) is 18.5. The molecule has 1 heterocycles. The van der Waals surface area contributed by atoms with Gasteiger partial charge in [0.2, 0.25) is 5.69 Å². The maximum absolute atomic E-state index is 12.8. The smallest absolute Gasteiger partial charge is 0.309 e. The monoisotopic (exact) mass is 625 g/mol. The highest BCUT2D eigenvalue weighted by Crippen LogP contribution is 2.42. The normalized spacial score (nSPS) is 16.9. The Morgan fingerprint density at radius 3 is 2.49 bits per heavy atom. The molecule has 1 aliphatic carbocycles. The number of nitriles is 1. The number of anilines is 1. The quantitative estimate of drug-likeness (QED) is 0.0813. The van der Waals surface area contributed by atoms with E-state index in [0.717, 1.165) is 42.6 Å². The fourth-order valence-corrected chi connectivity index (χ4v) is 6.59. The van der Waals surface area contributed by atoms with Gasteiger partial charge in [-0.25, -0.2) is 4.85 Å². The number of aryl methyl sites for hydroxylation is 1. The van der Waals surface area contributed by atoms with Gasteiger partial charge in [0.15, 0.2) is 0 Å². The highest BCUT2D eigenvalue weighted by molar-refractivity contribution is 7.17. The number of hydrogen-bond acceptors (Lipinski definition) is 9. The molecule has 0 saturated heterocycles. The van der Waals surface area contributed by atoms with E-state index in [1.54, 1.807) is 13.8 Å². The molecular formula is C35H39N5O4S. The molecule has 45 heavy (non-hydrogen) atoms. The highest BCUT2D eigenvalue weighted by Gasteiger charge is 2.34. The van der Waals surface area contributed by atoms with Crippen molar-refractivity contribution in [1.29, 1.82) is 5.26 Å². The molecule has 10 heteroatoms. The van der Waals surface area contributed by atoms with Gasteiger partial charge in [0.05, 0.1) is 29.7 Å². The summed E-state index contributed by atoms with van der Waals surface area (Å²) in [4.78, 5) is 31.1. The van der Waals surface area contributed by atoms with Gasteiger partial charge in [0, 0.05) is 24.7 Å². The number of thiophene rings is 1. The molecule has 0 bridgehead atoms. The van der Waals surface area contributed by atoms with Crippen LogP contribution in [-0.2, 0) is 19.1 Å². The molecule has 0 N–H and O–H groups in total. The zero-order valence-electron chi connectivity index (χ0n) is 26.3. The van der Waals surface area contributed by atoms with Crippen LogP contribution in [0.25, 0.3) is 4.85 Å². The molecule has 0 spiro atoms. The van der Waals surface area contributed by atoms with E-state index in [2.05, 4.69) is 33.0 Å². The largest absolute Gasteiger partial charge is 0.463 e. The third kappa shape index (κ3) is 8.42. The van der Waals surface area contributed by atoms with Gasteiger partial charge < -0.3 is 14.4 Å². The Balaban J connectivity index is 1.43. The summed E-state index contributed by atoms with van der Waals surface area (Å²) in [7, 11) is 0. The van der Waals surface area contributed by atoms with Crippen LogP contribution < -0.4 is 4.90 Å².